The van der Waals surface area contributed by atoms with E-state index in [2.05, 4.69) is 4.57 Å². The number of rotatable bonds is 4. The maximum absolute atomic E-state index is 13.4. The molecule has 2 aromatic carbocycles. The van der Waals surface area contributed by atoms with Crippen LogP contribution in [0.2, 0.25) is 0 Å². The Morgan fingerprint density at radius 3 is 2.72 bits per heavy atom. The summed E-state index contributed by atoms with van der Waals surface area (Å²) in [7, 11) is 1.39. The van der Waals surface area contributed by atoms with Crippen LogP contribution in [0.25, 0.3) is 11.0 Å². The number of benzene rings is 2. The van der Waals surface area contributed by atoms with Crippen molar-refractivity contribution in [2.24, 2.45) is 5.92 Å². The standard InChI is InChI=1S/C30H34N4O5/c1-18-10-11-23-24(33(18)30(38)39-2)12-13-25-27(23)31-26(34(25)21-8-5-7-20(16-21)29(36)37)17-32-15-14-19-6-3-4-9-22(19)28(32)35/h3-4,6,9,12-13,18,20-21H,5,7-8,10-11,14-17H2,1-2H3,(H,36,37)/t18?,20-,21-/m1/s1. The third-order valence-corrected chi connectivity index (χ3v) is 8.78. The monoisotopic (exact) mass is 530 g/mol. The predicted molar refractivity (Wildman–Crippen MR) is 146 cm³/mol. The fourth-order valence-electron chi connectivity index (χ4n) is 6.76. The van der Waals surface area contributed by atoms with Crippen molar-refractivity contribution in [3.8, 4) is 0 Å². The van der Waals surface area contributed by atoms with Crippen LogP contribution in [0.3, 0.4) is 0 Å². The number of carbonyl (C=O) groups excluding carboxylic acids is 2. The zero-order valence-corrected chi connectivity index (χ0v) is 22.4. The van der Waals surface area contributed by atoms with E-state index in [0.717, 1.165) is 71.3 Å². The molecule has 9 heteroatoms. The van der Waals surface area contributed by atoms with Gasteiger partial charge in [-0.05, 0) is 69.2 Å². The summed E-state index contributed by atoms with van der Waals surface area (Å²) >= 11 is 0. The molecule has 204 valence electrons. The largest absolute Gasteiger partial charge is 0.481 e. The molecule has 2 aliphatic heterocycles. The van der Waals surface area contributed by atoms with Gasteiger partial charge in [0.2, 0.25) is 0 Å². The van der Waals surface area contributed by atoms with Crippen molar-refractivity contribution in [3.05, 3.63) is 58.9 Å². The van der Waals surface area contributed by atoms with Gasteiger partial charge in [0.05, 0.1) is 36.3 Å². The smallest absolute Gasteiger partial charge is 0.414 e. The molecule has 39 heavy (non-hydrogen) atoms. The van der Waals surface area contributed by atoms with Gasteiger partial charge in [-0.15, -0.1) is 0 Å². The molecule has 0 saturated heterocycles. The van der Waals surface area contributed by atoms with E-state index in [0.29, 0.717) is 25.9 Å². The Morgan fingerprint density at radius 1 is 1.10 bits per heavy atom. The van der Waals surface area contributed by atoms with Crippen molar-refractivity contribution in [3.63, 3.8) is 0 Å². The summed E-state index contributed by atoms with van der Waals surface area (Å²) in [6.07, 6.45) is 4.86. The Labute approximate surface area is 227 Å². The molecule has 1 N–H and O–H groups in total. The van der Waals surface area contributed by atoms with E-state index in [4.69, 9.17) is 9.72 Å². The highest BCUT2D eigenvalue weighted by atomic mass is 16.5. The number of amides is 2. The minimum absolute atomic E-state index is 0.00432. The summed E-state index contributed by atoms with van der Waals surface area (Å²) in [6.45, 7) is 2.97. The van der Waals surface area contributed by atoms with E-state index >= 15 is 0 Å². The summed E-state index contributed by atoms with van der Waals surface area (Å²) in [4.78, 5) is 46.7. The molecule has 0 spiro atoms. The Hall–Kier alpha value is -3.88. The normalized spacial score (nSPS) is 22.9. The van der Waals surface area contributed by atoms with Crippen LogP contribution in [0, 0.1) is 5.92 Å². The van der Waals surface area contributed by atoms with Crippen LogP contribution >= 0.6 is 0 Å². The minimum Gasteiger partial charge on any atom is -0.481 e. The van der Waals surface area contributed by atoms with E-state index in [1.807, 2.05) is 48.2 Å². The van der Waals surface area contributed by atoms with Gasteiger partial charge in [0.15, 0.2) is 0 Å². The number of aromatic nitrogens is 2. The molecule has 1 unspecified atom stereocenters. The number of carboxylic acid groups (broad SMARTS) is 1. The van der Waals surface area contributed by atoms with Gasteiger partial charge in [-0.1, -0.05) is 24.6 Å². The Balaban J connectivity index is 1.45. The number of aryl methyl sites for hydroxylation is 1. The van der Waals surface area contributed by atoms with Crippen LogP contribution in [0.15, 0.2) is 36.4 Å². The first-order chi connectivity index (χ1) is 18.9. The molecule has 1 saturated carbocycles. The molecule has 2 amide bonds. The second-order valence-corrected chi connectivity index (χ2v) is 11.0. The Kier molecular flexibility index (Phi) is 6.53. The van der Waals surface area contributed by atoms with E-state index in [1.165, 1.54) is 7.11 Å². The van der Waals surface area contributed by atoms with E-state index in [1.54, 1.807) is 4.90 Å². The third kappa shape index (κ3) is 4.33. The van der Waals surface area contributed by atoms with Crippen LogP contribution < -0.4 is 4.90 Å². The SMILES string of the molecule is COC(=O)N1c2ccc3c(nc(CN4CCc5ccccc5C4=O)n3[C@@H]3CCC[C@@H](C(=O)O)C3)c2CCC1C. The van der Waals surface area contributed by atoms with Gasteiger partial charge in [0.25, 0.3) is 5.91 Å². The van der Waals surface area contributed by atoms with Crippen LogP contribution in [0.5, 0.6) is 0 Å². The van der Waals surface area contributed by atoms with Crippen LogP contribution in [0.4, 0.5) is 10.5 Å². The zero-order valence-electron chi connectivity index (χ0n) is 22.4. The number of ether oxygens (including phenoxy) is 1. The van der Waals surface area contributed by atoms with E-state index < -0.39 is 18.0 Å². The highest BCUT2D eigenvalue weighted by molar-refractivity contribution is 5.97. The molecule has 1 aromatic heterocycles. The molecule has 6 rings (SSSR count). The lowest BCUT2D eigenvalue weighted by Crippen LogP contribution is -2.42. The van der Waals surface area contributed by atoms with Crippen molar-refractivity contribution in [2.45, 2.75) is 70.5 Å². The molecule has 3 aromatic rings. The van der Waals surface area contributed by atoms with Crippen molar-refractivity contribution < 1.29 is 24.2 Å². The van der Waals surface area contributed by atoms with E-state index in [9.17, 15) is 19.5 Å². The van der Waals surface area contributed by atoms with Gasteiger partial charge in [0.1, 0.15) is 5.82 Å². The molecule has 1 aliphatic carbocycles. The highest BCUT2D eigenvalue weighted by Gasteiger charge is 2.35. The second kappa shape index (κ2) is 10.0. The van der Waals surface area contributed by atoms with E-state index in [-0.39, 0.29) is 18.0 Å². The fourth-order valence-corrected chi connectivity index (χ4v) is 6.76. The average molecular weight is 531 g/mol. The number of anilines is 1. The molecular formula is C30H34N4O5. The van der Waals surface area contributed by atoms with Crippen molar-refractivity contribution in [1.82, 2.24) is 14.5 Å². The Morgan fingerprint density at radius 2 is 1.92 bits per heavy atom. The summed E-state index contributed by atoms with van der Waals surface area (Å²) in [5.41, 5.74) is 5.36. The van der Waals surface area contributed by atoms with Crippen LogP contribution in [0.1, 0.15) is 72.4 Å². The average Bonchev–Trinajstić information content (AvgIpc) is 3.32. The van der Waals surface area contributed by atoms with Gasteiger partial charge in [-0.2, -0.15) is 0 Å². The molecule has 3 aliphatic rings. The number of nitrogens with zero attached hydrogens (tertiary/aromatic N) is 4. The number of carboxylic acids is 1. The lowest BCUT2D eigenvalue weighted by Gasteiger charge is -2.34. The topological polar surface area (TPSA) is 105 Å². The zero-order chi connectivity index (χ0) is 27.3. The summed E-state index contributed by atoms with van der Waals surface area (Å²) in [5.74, 6) is -0.389. The number of methoxy groups -OCH3 is 1. The maximum Gasteiger partial charge on any atom is 0.414 e. The molecule has 1 fully saturated rings. The van der Waals surface area contributed by atoms with Crippen molar-refractivity contribution in [1.29, 1.82) is 0 Å². The lowest BCUT2D eigenvalue weighted by atomic mass is 9.85. The van der Waals surface area contributed by atoms with Crippen LogP contribution in [-0.2, 0) is 28.9 Å². The van der Waals surface area contributed by atoms with Gasteiger partial charge in [0, 0.05) is 29.8 Å². The maximum atomic E-state index is 13.4. The summed E-state index contributed by atoms with van der Waals surface area (Å²) in [6, 6.07) is 11.7. The van der Waals surface area contributed by atoms with Gasteiger partial charge in [-0.25, -0.2) is 9.78 Å². The van der Waals surface area contributed by atoms with Crippen molar-refractivity contribution in [2.75, 3.05) is 18.6 Å². The fraction of sp³-hybridized carbons (Fsp3) is 0.467. The molecule has 0 bridgehead atoms. The van der Waals surface area contributed by atoms with Gasteiger partial charge < -0.3 is 19.3 Å². The lowest BCUT2D eigenvalue weighted by molar-refractivity contribution is -0.143. The van der Waals surface area contributed by atoms with Crippen LogP contribution in [-0.4, -0.2) is 57.2 Å². The first-order valence-electron chi connectivity index (χ1n) is 13.9. The number of carbonyl (C=O) groups is 3. The van der Waals surface area contributed by atoms with Gasteiger partial charge in [-0.3, -0.25) is 14.5 Å². The Bertz CT molecular complexity index is 1460. The first kappa shape index (κ1) is 25.4. The highest BCUT2D eigenvalue weighted by Crippen LogP contribution is 2.41. The quantitative estimate of drug-likeness (QED) is 0.511. The predicted octanol–water partition coefficient (Wildman–Crippen LogP) is 4.96. The molecule has 3 heterocycles. The third-order valence-electron chi connectivity index (χ3n) is 8.78. The first-order valence-corrected chi connectivity index (χ1v) is 13.9. The summed E-state index contributed by atoms with van der Waals surface area (Å²) < 4.78 is 7.28. The molecule has 3 atom stereocenters. The number of aliphatic carboxylic acids is 1. The number of hydrogen-bond donors (Lipinski definition) is 1. The second-order valence-electron chi connectivity index (χ2n) is 11.0. The molecule has 0 radical (unpaired) electrons. The summed E-state index contributed by atoms with van der Waals surface area (Å²) in [5, 5.41) is 9.79. The molecular weight excluding hydrogens is 496 g/mol. The number of fused-ring (bicyclic) bond motifs is 4. The molecule has 9 nitrogen and oxygen atoms in total. The number of hydrogen-bond acceptors (Lipinski definition) is 5. The minimum atomic E-state index is -0.756. The van der Waals surface area contributed by atoms with Crippen molar-refractivity contribution >= 4 is 34.7 Å². The number of imidazole rings is 1. The van der Waals surface area contributed by atoms with Gasteiger partial charge >= 0.3 is 12.1 Å².